The van der Waals surface area contributed by atoms with Gasteiger partial charge in [-0.3, -0.25) is 9.59 Å². The average Bonchev–Trinajstić information content (AvgIpc) is 2.83. The zero-order valence-electron chi connectivity index (χ0n) is 17.4. The van der Waals surface area contributed by atoms with E-state index in [0.717, 1.165) is 10.8 Å². The molecule has 4 rings (SSSR count). The molecule has 6 nitrogen and oxygen atoms in total. The third kappa shape index (κ3) is 4.10. The number of hydrogen-bond acceptors (Lipinski definition) is 4. The molecule has 0 radical (unpaired) electrons. The third-order valence-electron chi connectivity index (χ3n) is 5.57. The topological polar surface area (TPSA) is 59.1 Å². The summed E-state index contributed by atoms with van der Waals surface area (Å²) >= 11 is 3.42. The summed E-state index contributed by atoms with van der Waals surface area (Å²) in [4.78, 5) is 29.8. The highest BCUT2D eigenvalue weighted by atomic mass is 79.9. The first-order valence-corrected chi connectivity index (χ1v) is 10.8. The zero-order chi connectivity index (χ0) is 22.0. The average molecular weight is 483 g/mol. The highest BCUT2D eigenvalue weighted by Crippen LogP contribution is 2.36. The van der Waals surface area contributed by atoms with Crippen LogP contribution in [0.1, 0.15) is 20.7 Å². The molecule has 0 saturated carbocycles. The number of ether oxygens (including phenoxy) is 2. The van der Waals surface area contributed by atoms with E-state index in [1.165, 1.54) is 0 Å². The molecule has 0 aromatic heterocycles. The van der Waals surface area contributed by atoms with Gasteiger partial charge in [0.25, 0.3) is 11.8 Å². The van der Waals surface area contributed by atoms with Crippen LogP contribution in [0.3, 0.4) is 0 Å². The molecule has 0 atom stereocenters. The van der Waals surface area contributed by atoms with Gasteiger partial charge >= 0.3 is 0 Å². The van der Waals surface area contributed by atoms with Crippen LogP contribution in [0.5, 0.6) is 11.5 Å². The molecule has 3 aromatic carbocycles. The van der Waals surface area contributed by atoms with Gasteiger partial charge < -0.3 is 19.3 Å². The molecule has 0 spiro atoms. The Kier molecular flexibility index (Phi) is 6.13. The Bertz CT molecular complexity index is 1110. The second-order valence-electron chi connectivity index (χ2n) is 7.31. The first-order chi connectivity index (χ1) is 15.0. The predicted octanol–water partition coefficient (Wildman–Crippen LogP) is 4.22. The summed E-state index contributed by atoms with van der Waals surface area (Å²) in [7, 11) is 3.09. The number of halogens is 1. The monoisotopic (exact) mass is 482 g/mol. The normalized spacial score (nSPS) is 13.9. The summed E-state index contributed by atoms with van der Waals surface area (Å²) < 4.78 is 11.4. The number of fused-ring (bicyclic) bond motifs is 1. The van der Waals surface area contributed by atoms with Gasteiger partial charge in [0.1, 0.15) is 16.0 Å². The largest absolute Gasteiger partial charge is 0.495 e. The number of benzene rings is 3. The number of hydrogen-bond donors (Lipinski definition) is 0. The smallest absolute Gasteiger partial charge is 0.254 e. The molecular weight excluding hydrogens is 460 g/mol. The molecule has 0 unspecified atom stereocenters. The van der Waals surface area contributed by atoms with Gasteiger partial charge in [0.05, 0.1) is 14.2 Å². The van der Waals surface area contributed by atoms with Crippen molar-refractivity contribution >= 4 is 38.5 Å². The van der Waals surface area contributed by atoms with Crippen molar-refractivity contribution < 1.29 is 19.1 Å². The molecule has 1 heterocycles. The standard InChI is InChI=1S/C24H23BrN2O4/c1-30-20-14-17(15-21(31-2)22(20)25)23(28)26-10-12-27(13-11-26)24(29)19-9-5-7-16-6-3-4-8-18(16)19/h3-9,14-15H,10-13H2,1-2H3. The van der Waals surface area contributed by atoms with Crippen molar-refractivity contribution in [3.05, 3.63) is 70.2 Å². The van der Waals surface area contributed by atoms with Crippen LogP contribution < -0.4 is 9.47 Å². The number of carbonyl (C=O) groups excluding carboxylic acids is 2. The molecule has 7 heteroatoms. The van der Waals surface area contributed by atoms with Crippen molar-refractivity contribution in [1.82, 2.24) is 9.80 Å². The van der Waals surface area contributed by atoms with Gasteiger partial charge in [0.15, 0.2) is 0 Å². The molecule has 160 valence electrons. The van der Waals surface area contributed by atoms with E-state index in [4.69, 9.17) is 9.47 Å². The molecular formula is C24H23BrN2O4. The minimum Gasteiger partial charge on any atom is -0.495 e. The second kappa shape index (κ2) is 8.98. The van der Waals surface area contributed by atoms with Crippen LogP contribution >= 0.6 is 15.9 Å². The summed E-state index contributed by atoms with van der Waals surface area (Å²) in [5, 5.41) is 1.99. The molecule has 31 heavy (non-hydrogen) atoms. The van der Waals surface area contributed by atoms with Gasteiger partial charge in [-0.25, -0.2) is 0 Å². The van der Waals surface area contributed by atoms with Crippen molar-refractivity contribution in [2.45, 2.75) is 0 Å². The van der Waals surface area contributed by atoms with E-state index in [9.17, 15) is 9.59 Å². The van der Waals surface area contributed by atoms with Gasteiger partial charge in [-0.1, -0.05) is 36.4 Å². The fourth-order valence-electron chi connectivity index (χ4n) is 3.87. The number of methoxy groups -OCH3 is 2. The quantitative estimate of drug-likeness (QED) is 0.558. The van der Waals surface area contributed by atoms with E-state index in [0.29, 0.717) is 53.3 Å². The zero-order valence-corrected chi connectivity index (χ0v) is 19.0. The van der Waals surface area contributed by atoms with E-state index in [1.54, 1.807) is 31.3 Å². The lowest BCUT2D eigenvalue weighted by atomic mass is 10.0. The molecule has 1 aliphatic heterocycles. The van der Waals surface area contributed by atoms with Crippen LogP contribution in [0.2, 0.25) is 0 Å². The summed E-state index contributed by atoms with van der Waals surface area (Å²) in [6, 6.07) is 17.0. The Hall–Kier alpha value is -3.06. The van der Waals surface area contributed by atoms with Crippen molar-refractivity contribution in [3.63, 3.8) is 0 Å². The Labute approximate surface area is 189 Å². The molecule has 1 fully saturated rings. The van der Waals surface area contributed by atoms with E-state index >= 15 is 0 Å². The highest BCUT2D eigenvalue weighted by molar-refractivity contribution is 9.10. The fourth-order valence-corrected chi connectivity index (χ4v) is 4.42. The van der Waals surface area contributed by atoms with Crippen LogP contribution in [0, 0.1) is 0 Å². The van der Waals surface area contributed by atoms with E-state index < -0.39 is 0 Å². The second-order valence-corrected chi connectivity index (χ2v) is 8.10. The maximum atomic E-state index is 13.1. The Balaban J connectivity index is 1.48. The lowest BCUT2D eigenvalue weighted by Crippen LogP contribution is -2.50. The maximum Gasteiger partial charge on any atom is 0.254 e. The van der Waals surface area contributed by atoms with Crippen LogP contribution in [0.4, 0.5) is 0 Å². The maximum absolute atomic E-state index is 13.1. The van der Waals surface area contributed by atoms with Gasteiger partial charge in [0, 0.05) is 37.3 Å². The number of carbonyl (C=O) groups is 2. The first-order valence-electron chi connectivity index (χ1n) is 10.0. The molecule has 1 saturated heterocycles. The Morgan fingerprint density at radius 3 is 1.97 bits per heavy atom. The van der Waals surface area contributed by atoms with Crippen LogP contribution in [0.15, 0.2) is 59.1 Å². The van der Waals surface area contributed by atoms with Crippen molar-refractivity contribution in [2.24, 2.45) is 0 Å². The summed E-state index contributed by atoms with van der Waals surface area (Å²) in [5.41, 5.74) is 1.19. The SMILES string of the molecule is COc1cc(C(=O)N2CCN(C(=O)c3cccc4ccccc34)CC2)cc(OC)c1Br. The van der Waals surface area contributed by atoms with Gasteiger partial charge in [-0.15, -0.1) is 0 Å². The lowest BCUT2D eigenvalue weighted by molar-refractivity contribution is 0.0536. The highest BCUT2D eigenvalue weighted by Gasteiger charge is 2.27. The van der Waals surface area contributed by atoms with Gasteiger partial charge in [0.2, 0.25) is 0 Å². The van der Waals surface area contributed by atoms with E-state index in [1.807, 2.05) is 47.4 Å². The van der Waals surface area contributed by atoms with Gasteiger partial charge in [-0.2, -0.15) is 0 Å². The predicted molar refractivity (Wildman–Crippen MR) is 123 cm³/mol. The van der Waals surface area contributed by atoms with Crippen LogP contribution in [-0.4, -0.2) is 62.0 Å². The molecule has 3 aromatic rings. The molecule has 2 amide bonds. The fraction of sp³-hybridized carbons (Fsp3) is 0.250. The van der Waals surface area contributed by atoms with Crippen molar-refractivity contribution in [1.29, 1.82) is 0 Å². The van der Waals surface area contributed by atoms with Gasteiger partial charge in [-0.05, 0) is 44.9 Å². The Morgan fingerprint density at radius 2 is 1.35 bits per heavy atom. The molecule has 0 bridgehead atoms. The molecule has 1 aliphatic rings. The van der Waals surface area contributed by atoms with Crippen LogP contribution in [0.25, 0.3) is 10.8 Å². The van der Waals surface area contributed by atoms with Crippen LogP contribution in [-0.2, 0) is 0 Å². The summed E-state index contributed by atoms with van der Waals surface area (Å²) in [6.07, 6.45) is 0. The number of rotatable bonds is 4. The first kappa shape index (κ1) is 21.2. The van der Waals surface area contributed by atoms with Crippen molar-refractivity contribution in [2.75, 3.05) is 40.4 Å². The van der Waals surface area contributed by atoms with E-state index in [2.05, 4.69) is 15.9 Å². The number of amides is 2. The number of piperazine rings is 1. The van der Waals surface area contributed by atoms with Crippen molar-refractivity contribution in [3.8, 4) is 11.5 Å². The third-order valence-corrected chi connectivity index (χ3v) is 6.35. The van der Waals surface area contributed by atoms with E-state index in [-0.39, 0.29) is 11.8 Å². The summed E-state index contributed by atoms with van der Waals surface area (Å²) in [5.74, 6) is 0.956. The minimum absolute atomic E-state index is 0.00382. The molecule has 0 aliphatic carbocycles. The molecule has 0 N–H and O–H groups in total. The lowest BCUT2D eigenvalue weighted by Gasteiger charge is -2.35. The Morgan fingerprint density at radius 1 is 0.806 bits per heavy atom. The number of nitrogens with zero attached hydrogens (tertiary/aromatic N) is 2. The minimum atomic E-state index is -0.110. The summed E-state index contributed by atoms with van der Waals surface area (Å²) in [6.45, 7) is 1.91.